The van der Waals surface area contributed by atoms with Gasteiger partial charge < -0.3 is 10.2 Å². The SMILES string of the molecule is O=[N+]([O-])Cc1c(Nc2c(Cl)cccc2Cl)cc(CN2CCC(N3CCC3)CC2)cc1-c1ccccc1Cl. The Balaban J connectivity index is 1.53. The Morgan fingerprint density at radius 2 is 1.57 bits per heavy atom. The lowest BCUT2D eigenvalue weighted by atomic mass is 9.94. The summed E-state index contributed by atoms with van der Waals surface area (Å²) >= 11 is 19.5. The molecule has 37 heavy (non-hydrogen) atoms. The molecule has 3 aromatic carbocycles. The monoisotopic (exact) mass is 558 g/mol. The number of hydrogen-bond donors (Lipinski definition) is 1. The van der Waals surface area contributed by atoms with E-state index in [0.717, 1.165) is 49.2 Å². The summed E-state index contributed by atoms with van der Waals surface area (Å²) in [5, 5.41) is 16.5. The molecule has 3 aromatic rings. The number of nitrogens with one attached hydrogen (secondary N) is 1. The lowest BCUT2D eigenvalue weighted by molar-refractivity contribution is -0.496. The second-order valence-corrected chi connectivity index (χ2v) is 11.0. The molecule has 0 unspecified atom stereocenters. The van der Waals surface area contributed by atoms with Crippen molar-refractivity contribution in [2.24, 2.45) is 0 Å². The standard InChI is InChI=1S/C28H29Cl3N4O2/c29-24-6-2-1-5-21(24)22-15-19(17-33-13-9-20(10-14-33)34-11-4-12-34)16-27(23(22)18-35(36)37)32-28-25(30)7-3-8-26(28)31/h1-3,5-8,15-16,20,32H,4,9-14,17-18H2. The molecule has 6 nitrogen and oxygen atoms in total. The van der Waals surface area contributed by atoms with E-state index in [9.17, 15) is 10.1 Å². The molecule has 0 bridgehead atoms. The van der Waals surface area contributed by atoms with E-state index in [4.69, 9.17) is 34.8 Å². The molecule has 2 aliphatic heterocycles. The van der Waals surface area contributed by atoms with E-state index in [2.05, 4.69) is 15.1 Å². The molecule has 0 atom stereocenters. The van der Waals surface area contributed by atoms with Gasteiger partial charge in [-0.05, 0) is 86.9 Å². The third-order valence-corrected chi connectivity index (χ3v) is 8.31. The largest absolute Gasteiger partial charge is 0.353 e. The Bertz CT molecular complexity index is 1270. The van der Waals surface area contributed by atoms with Crippen LogP contribution in [-0.2, 0) is 13.1 Å². The van der Waals surface area contributed by atoms with Gasteiger partial charge >= 0.3 is 0 Å². The highest BCUT2D eigenvalue weighted by Crippen LogP contribution is 2.40. The van der Waals surface area contributed by atoms with E-state index >= 15 is 0 Å². The smallest absolute Gasteiger partial charge is 0.231 e. The summed E-state index contributed by atoms with van der Waals surface area (Å²) in [5.41, 5.74) is 4.21. The average Bonchev–Trinajstić information content (AvgIpc) is 2.83. The van der Waals surface area contributed by atoms with Crippen LogP contribution in [0.1, 0.15) is 30.4 Å². The first-order valence-corrected chi connectivity index (χ1v) is 13.7. The molecule has 0 saturated carbocycles. The maximum absolute atomic E-state index is 11.8. The lowest BCUT2D eigenvalue weighted by Gasteiger charge is -2.43. The van der Waals surface area contributed by atoms with Crippen LogP contribution in [0.15, 0.2) is 54.6 Å². The normalized spacial score (nSPS) is 16.9. The topological polar surface area (TPSA) is 61.7 Å². The van der Waals surface area contributed by atoms with Crippen molar-refractivity contribution in [1.82, 2.24) is 9.80 Å². The zero-order valence-electron chi connectivity index (χ0n) is 20.4. The number of piperidine rings is 1. The summed E-state index contributed by atoms with van der Waals surface area (Å²) < 4.78 is 0. The van der Waals surface area contributed by atoms with Crippen LogP contribution in [0.25, 0.3) is 11.1 Å². The maximum Gasteiger partial charge on any atom is 0.231 e. The van der Waals surface area contributed by atoms with Crippen LogP contribution >= 0.6 is 34.8 Å². The molecular formula is C28H29Cl3N4O2. The van der Waals surface area contributed by atoms with Crippen LogP contribution in [-0.4, -0.2) is 46.9 Å². The first-order valence-electron chi connectivity index (χ1n) is 12.6. The van der Waals surface area contributed by atoms with Gasteiger partial charge in [-0.3, -0.25) is 15.0 Å². The van der Waals surface area contributed by atoms with E-state index in [1.807, 2.05) is 30.3 Å². The van der Waals surface area contributed by atoms with Crippen LogP contribution in [0, 0.1) is 10.1 Å². The molecule has 9 heteroatoms. The summed E-state index contributed by atoms with van der Waals surface area (Å²) in [6.45, 7) is 4.88. The second kappa shape index (κ2) is 11.6. The second-order valence-electron chi connectivity index (χ2n) is 9.76. The first-order chi connectivity index (χ1) is 17.9. The highest BCUT2D eigenvalue weighted by atomic mass is 35.5. The van der Waals surface area contributed by atoms with E-state index in [-0.39, 0.29) is 11.5 Å². The fourth-order valence-electron chi connectivity index (χ4n) is 5.31. The molecule has 5 rings (SSSR count). The van der Waals surface area contributed by atoms with Crippen LogP contribution < -0.4 is 5.32 Å². The molecule has 1 N–H and O–H groups in total. The zero-order chi connectivity index (χ0) is 25.9. The number of hydrogen-bond acceptors (Lipinski definition) is 5. The number of halogens is 3. The summed E-state index contributed by atoms with van der Waals surface area (Å²) in [5.74, 6) is 0. The van der Waals surface area contributed by atoms with Crippen molar-refractivity contribution in [1.29, 1.82) is 0 Å². The molecule has 0 radical (unpaired) electrons. The van der Waals surface area contributed by atoms with Crippen LogP contribution in [0.3, 0.4) is 0 Å². The number of nitrogens with zero attached hydrogens (tertiary/aromatic N) is 3. The van der Waals surface area contributed by atoms with E-state index in [1.165, 1.54) is 19.5 Å². The molecule has 194 valence electrons. The van der Waals surface area contributed by atoms with Crippen LogP contribution in [0.2, 0.25) is 15.1 Å². The molecule has 0 aromatic heterocycles. The fourth-order valence-corrected chi connectivity index (χ4v) is 6.04. The molecule has 2 aliphatic rings. The number of nitro groups is 1. The van der Waals surface area contributed by atoms with Crippen molar-refractivity contribution in [3.8, 4) is 11.1 Å². The van der Waals surface area contributed by atoms with Gasteiger partial charge in [0.2, 0.25) is 6.54 Å². The Hall–Kier alpha value is -2.35. The Morgan fingerprint density at radius 3 is 2.19 bits per heavy atom. The number of rotatable bonds is 8. The van der Waals surface area contributed by atoms with Crippen molar-refractivity contribution in [3.63, 3.8) is 0 Å². The number of benzene rings is 3. The molecule has 2 saturated heterocycles. The van der Waals surface area contributed by atoms with Crippen molar-refractivity contribution >= 4 is 46.2 Å². The van der Waals surface area contributed by atoms with Crippen molar-refractivity contribution < 1.29 is 4.92 Å². The van der Waals surface area contributed by atoms with Crippen molar-refractivity contribution in [2.75, 3.05) is 31.5 Å². The number of anilines is 2. The molecule has 0 aliphatic carbocycles. The minimum absolute atomic E-state index is 0.324. The van der Waals surface area contributed by atoms with Crippen molar-refractivity contribution in [3.05, 3.63) is 90.9 Å². The van der Waals surface area contributed by atoms with Gasteiger partial charge in [-0.25, -0.2) is 0 Å². The average molecular weight is 560 g/mol. The number of likely N-dealkylation sites (tertiary alicyclic amines) is 2. The highest BCUT2D eigenvalue weighted by Gasteiger charge is 2.28. The summed E-state index contributed by atoms with van der Waals surface area (Å²) in [7, 11) is 0. The van der Waals surface area contributed by atoms with Gasteiger partial charge in [-0.15, -0.1) is 0 Å². The minimum atomic E-state index is -0.369. The molecule has 2 fully saturated rings. The summed E-state index contributed by atoms with van der Waals surface area (Å²) in [6.07, 6.45) is 3.64. The molecule has 0 spiro atoms. The summed E-state index contributed by atoms with van der Waals surface area (Å²) in [4.78, 5) is 16.5. The van der Waals surface area contributed by atoms with E-state index in [1.54, 1.807) is 24.3 Å². The third kappa shape index (κ3) is 6.05. The van der Waals surface area contributed by atoms with Gasteiger partial charge in [-0.2, -0.15) is 0 Å². The number of para-hydroxylation sites is 1. The van der Waals surface area contributed by atoms with E-state index < -0.39 is 0 Å². The zero-order valence-corrected chi connectivity index (χ0v) is 22.7. The van der Waals surface area contributed by atoms with Gasteiger partial charge in [0.25, 0.3) is 0 Å². The highest BCUT2D eigenvalue weighted by molar-refractivity contribution is 6.39. The Kier molecular flexibility index (Phi) is 8.22. The van der Waals surface area contributed by atoms with Crippen molar-refractivity contribution in [2.45, 2.75) is 38.4 Å². The molecular weight excluding hydrogens is 531 g/mol. The summed E-state index contributed by atoms with van der Waals surface area (Å²) in [6, 6.07) is 17.4. The maximum atomic E-state index is 11.8. The first kappa shape index (κ1) is 26.3. The Morgan fingerprint density at radius 1 is 0.892 bits per heavy atom. The lowest BCUT2D eigenvalue weighted by Crippen LogP contribution is -2.50. The van der Waals surface area contributed by atoms with Gasteiger partial charge in [0.05, 0.1) is 21.3 Å². The van der Waals surface area contributed by atoms with Gasteiger partial charge in [-0.1, -0.05) is 59.1 Å². The van der Waals surface area contributed by atoms with Gasteiger partial charge in [0, 0.05) is 33.8 Å². The predicted octanol–water partition coefficient (Wildman–Crippen LogP) is 7.50. The van der Waals surface area contributed by atoms with E-state index in [0.29, 0.717) is 38.0 Å². The fraction of sp³-hybridized carbons (Fsp3) is 0.357. The van der Waals surface area contributed by atoms with Gasteiger partial charge in [0.15, 0.2) is 0 Å². The van der Waals surface area contributed by atoms with Crippen LogP contribution in [0.5, 0.6) is 0 Å². The van der Waals surface area contributed by atoms with Gasteiger partial charge in [0.1, 0.15) is 0 Å². The molecule has 0 amide bonds. The molecule has 2 heterocycles. The quantitative estimate of drug-likeness (QED) is 0.229. The minimum Gasteiger partial charge on any atom is -0.353 e. The Labute approximate surface area is 232 Å². The third-order valence-electron chi connectivity index (χ3n) is 7.35. The van der Waals surface area contributed by atoms with Crippen LogP contribution in [0.4, 0.5) is 11.4 Å². The predicted molar refractivity (Wildman–Crippen MR) is 152 cm³/mol.